The van der Waals surface area contributed by atoms with Gasteiger partial charge >= 0.3 is 0 Å². The van der Waals surface area contributed by atoms with Gasteiger partial charge < -0.3 is 0 Å². The Balaban J connectivity index is 2.64. The van der Waals surface area contributed by atoms with Crippen LogP contribution in [0.2, 0.25) is 0 Å². The lowest BCUT2D eigenvalue weighted by molar-refractivity contribution is -0.120. The van der Waals surface area contributed by atoms with Crippen LogP contribution < -0.4 is 0 Å². The third kappa shape index (κ3) is 2.20. The number of carbonyl (C=O) groups is 1. The zero-order valence-electron chi connectivity index (χ0n) is 8.10. The van der Waals surface area contributed by atoms with E-state index < -0.39 is 0 Å². The molecule has 0 aromatic heterocycles. The molecule has 0 heterocycles. The van der Waals surface area contributed by atoms with E-state index in [4.69, 9.17) is 0 Å². The highest BCUT2D eigenvalue weighted by Gasteiger charge is 2.20. The van der Waals surface area contributed by atoms with E-state index in [1.165, 1.54) is 18.4 Å². The number of ketones is 1. The highest BCUT2D eigenvalue weighted by atomic mass is 16.1. The van der Waals surface area contributed by atoms with E-state index in [0.29, 0.717) is 5.78 Å². The molecule has 0 N–H and O–H groups in total. The van der Waals surface area contributed by atoms with Gasteiger partial charge in [-0.05, 0) is 32.6 Å². The normalized spacial score (nSPS) is 23.5. The first-order valence-electron chi connectivity index (χ1n) is 4.95. The van der Waals surface area contributed by atoms with Crippen LogP contribution in [0.3, 0.4) is 0 Å². The van der Waals surface area contributed by atoms with Gasteiger partial charge in [0.05, 0.1) is 0 Å². The maximum atomic E-state index is 11.2. The van der Waals surface area contributed by atoms with Crippen LogP contribution >= 0.6 is 0 Å². The predicted octanol–water partition coefficient (Wildman–Crippen LogP) is 3.10. The van der Waals surface area contributed by atoms with Crippen molar-refractivity contribution in [1.82, 2.24) is 0 Å². The van der Waals surface area contributed by atoms with Crippen LogP contribution in [0.25, 0.3) is 0 Å². The number of carbonyl (C=O) groups excluding carboxylic acids is 1. The van der Waals surface area contributed by atoms with Crippen LogP contribution in [0, 0.1) is 5.92 Å². The molecule has 1 rings (SSSR count). The van der Waals surface area contributed by atoms with Crippen LogP contribution in [0.5, 0.6) is 0 Å². The van der Waals surface area contributed by atoms with Crippen molar-refractivity contribution >= 4 is 5.78 Å². The molecule has 1 unspecified atom stereocenters. The second-order valence-corrected chi connectivity index (χ2v) is 3.62. The number of hydrogen-bond donors (Lipinski definition) is 0. The zero-order valence-corrected chi connectivity index (χ0v) is 8.10. The van der Waals surface area contributed by atoms with Gasteiger partial charge in [0.25, 0.3) is 0 Å². The lowest BCUT2D eigenvalue weighted by atomic mass is 9.83. The Kier molecular flexibility index (Phi) is 3.51. The molecule has 0 fully saturated rings. The Labute approximate surface area is 74.9 Å². The molecular formula is C11H18O. The van der Waals surface area contributed by atoms with Crippen LogP contribution in [0.1, 0.15) is 46.0 Å². The fourth-order valence-corrected chi connectivity index (χ4v) is 1.97. The van der Waals surface area contributed by atoms with Gasteiger partial charge in [-0.15, -0.1) is 0 Å². The monoisotopic (exact) mass is 166 g/mol. The summed E-state index contributed by atoms with van der Waals surface area (Å²) in [5.41, 5.74) is 1.40. The molecule has 0 aliphatic heterocycles. The summed E-state index contributed by atoms with van der Waals surface area (Å²) in [5, 5.41) is 0. The molecule has 12 heavy (non-hydrogen) atoms. The summed E-state index contributed by atoms with van der Waals surface area (Å²) in [6.45, 7) is 3.89. The van der Waals surface area contributed by atoms with Gasteiger partial charge in [0.2, 0.25) is 0 Å². The highest BCUT2D eigenvalue weighted by molar-refractivity contribution is 5.81. The van der Waals surface area contributed by atoms with Crippen LogP contribution in [-0.4, -0.2) is 5.78 Å². The van der Waals surface area contributed by atoms with Gasteiger partial charge in [-0.25, -0.2) is 0 Å². The molecule has 68 valence electrons. The Hall–Kier alpha value is -0.590. The van der Waals surface area contributed by atoms with Crippen molar-refractivity contribution < 1.29 is 4.79 Å². The zero-order chi connectivity index (χ0) is 8.97. The average Bonchev–Trinajstić information content (AvgIpc) is 2.05. The van der Waals surface area contributed by atoms with E-state index in [2.05, 4.69) is 13.0 Å². The van der Waals surface area contributed by atoms with Crippen LogP contribution in [0.15, 0.2) is 11.6 Å². The summed E-state index contributed by atoms with van der Waals surface area (Å²) in [6, 6.07) is 0. The minimum Gasteiger partial charge on any atom is -0.299 e. The first-order valence-corrected chi connectivity index (χ1v) is 4.95. The first-order chi connectivity index (χ1) is 5.75. The fraction of sp³-hybridized carbons (Fsp3) is 0.727. The number of allylic oxidation sites excluding steroid dienone is 2. The van der Waals surface area contributed by atoms with Crippen LogP contribution in [0.4, 0.5) is 0 Å². The number of hydrogen-bond acceptors (Lipinski definition) is 1. The highest BCUT2D eigenvalue weighted by Crippen LogP contribution is 2.28. The lowest BCUT2D eigenvalue weighted by Gasteiger charge is -2.21. The van der Waals surface area contributed by atoms with E-state index in [9.17, 15) is 4.79 Å². The summed E-state index contributed by atoms with van der Waals surface area (Å²) in [7, 11) is 0. The molecule has 0 amide bonds. The molecule has 0 radical (unpaired) electrons. The topological polar surface area (TPSA) is 17.1 Å². The maximum absolute atomic E-state index is 11.2. The molecule has 0 bridgehead atoms. The van der Waals surface area contributed by atoms with Crippen molar-refractivity contribution in [3.63, 3.8) is 0 Å². The molecule has 0 aromatic carbocycles. The quantitative estimate of drug-likeness (QED) is 0.589. The SMILES string of the molecule is CCCC1=CCCCC1C(C)=O. The minimum absolute atomic E-state index is 0.263. The van der Waals surface area contributed by atoms with Crippen molar-refractivity contribution in [3.8, 4) is 0 Å². The maximum Gasteiger partial charge on any atom is 0.136 e. The summed E-state index contributed by atoms with van der Waals surface area (Å²) in [4.78, 5) is 11.2. The Bertz CT molecular complexity index is 191. The third-order valence-corrected chi connectivity index (χ3v) is 2.58. The molecular weight excluding hydrogens is 148 g/mol. The minimum atomic E-state index is 0.263. The summed E-state index contributed by atoms with van der Waals surface area (Å²) in [5.74, 6) is 0.619. The second-order valence-electron chi connectivity index (χ2n) is 3.62. The van der Waals surface area contributed by atoms with E-state index in [-0.39, 0.29) is 5.92 Å². The van der Waals surface area contributed by atoms with Gasteiger partial charge in [-0.1, -0.05) is 25.0 Å². The van der Waals surface area contributed by atoms with E-state index in [1.54, 1.807) is 6.92 Å². The Morgan fingerprint density at radius 2 is 2.42 bits per heavy atom. The van der Waals surface area contributed by atoms with Crippen molar-refractivity contribution in [3.05, 3.63) is 11.6 Å². The van der Waals surface area contributed by atoms with E-state index in [1.807, 2.05) is 0 Å². The van der Waals surface area contributed by atoms with E-state index >= 15 is 0 Å². The Morgan fingerprint density at radius 3 is 3.00 bits per heavy atom. The Morgan fingerprint density at radius 1 is 1.67 bits per heavy atom. The standard InChI is InChI=1S/C11H18O/c1-3-6-10-7-4-5-8-11(10)9(2)12/h7,11H,3-6,8H2,1-2H3. The number of Topliss-reactive ketones (excluding diaryl/α,β-unsaturated/α-hetero) is 1. The molecule has 0 saturated heterocycles. The summed E-state index contributed by atoms with van der Waals surface area (Å²) in [6.07, 6.45) is 8.01. The smallest absolute Gasteiger partial charge is 0.136 e. The molecule has 1 aliphatic carbocycles. The van der Waals surface area contributed by atoms with Crippen molar-refractivity contribution in [2.75, 3.05) is 0 Å². The van der Waals surface area contributed by atoms with E-state index in [0.717, 1.165) is 19.3 Å². The van der Waals surface area contributed by atoms with Crippen molar-refractivity contribution in [2.24, 2.45) is 5.92 Å². The van der Waals surface area contributed by atoms with Gasteiger partial charge in [0.15, 0.2) is 0 Å². The van der Waals surface area contributed by atoms with Crippen molar-refractivity contribution in [1.29, 1.82) is 0 Å². The average molecular weight is 166 g/mol. The molecule has 0 aromatic rings. The van der Waals surface area contributed by atoms with Gasteiger partial charge in [-0.3, -0.25) is 4.79 Å². The van der Waals surface area contributed by atoms with Crippen molar-refractivity contribution in [2.45, 2.75) is 46.0 Å². The van der Waals surface area contributed by atoms with Gasteiger partial charge in [-0.2, -0.15) is 0 Å². The molecule has 0 spiro atoms. The molecule has 0 saturated carbocycles. The first kappa shape index (κ1) is 9.50. The molecule has 1 aliphatic rings. The largest absolute Gasteiger partial charge is 0.299 e. The van der Waals surface area contributed by atoms with Gasteiger partial charge in [0.1, 0.15) is 5.78 Å². The lowest BCUT2D eigenvalue weighted by Crippen LogP contribution is -2.16. The fourth-order valence-electron chi connectivity index (χ4n) is 1.97. The molecule has 1 atom stereocenters. The third-order valence-electron chi connectivity index (χ3n) is 2.58. The van der Waals surface area contributed by atoms with Crippen LogP contribution in [-0.2, 0) is 4.79 Å². The summed E-state index contributed by atoms with van der Waals surface area (Å²) < 4.78 is 0. The molecule has 1 heteroatoms. The number of rotatable bonds is 3. The predicted molar refractivity (Wildman–Crippen MR) is 51.0 cm³/mol. The second kappa shape index (κ2) is 4.44. The summed E-state index contributed by atoms with van der Waals surface area (Å²) >= 11 is 0. The van der Waals surface area contributed by atoms with Gasteiger partial charge in [0, 0.05) is 5.92 Å². The molecule has 1 nitrogen and oxygen atoms in total.